The number of hydrogen-bond acceptors (Lipinski definition) is 3. The van der Waals surface area contributed by atoms with Gasteiger partial charge in [0.05, 0.1) is 0 Å². The molecule has 0 aromatic rings. The van der Waals surface area contributed by atoms with Gasteiger partial charge in [0.25, 0.3) is 0 Å². The molecule has 0 heterocycles. The van der Waals surface area contributed by atoms with Gasteiger partial charge in [0.1, 0.15) is 0 Å². The molecular weight excluding hydrogens is 235 g/mol. The second kappa shape index (κ2) is 11.3. The number of rotatable bonds is 12. The van der Waals surface area contributed by atoms with Crippen LogP contribution in [0, 0.1) is 0 Å². The summed E-state index contributed by atoms with van der Waals surface area (Å²) in [7, 11) is -4.24. The molecule has 0 aliphatic carbocycles. The Balaban J connectivity index is 3.01. The van der Waals surface area contributed by atoms with Crippen molar-refractivity contribution in [2.24, 2.45) is 0 Å². The molecule has 0 fully saturated rings. The van der Waals surface area contributed by atoms with Gasteiger partial charge in [-0.15, -0.1) is 0 Å². The van der Waals surface area contributed by atoms with Crippen LogP contribution in [0.1, 0.15) is 77.6 Å². The molecule has 0 aromatic heterocycles. The molecule has 0 atom stereocenters. The first-order chi connectivity index (χ1) is 8.06. The first kappa shape index (κ1) is 17.2. The van der Waals surface area contributed by atoms with Crippen LogP contribution >= 0.6 is 7.60 Å². The van der Waals surface area contributed by atoms with Gasteiger partial charge in [0, 0.05) is 0 Å². The summed E-state index contributed by atoms with van der Waals surface area (Å²) in [5.74, 6) is 0. The summed E-state index contributed by atoms with van der Waals surface area (Å²) >= 11 is 0. The van der Waals surface area contributed by atoms with Crippen LogP contribution in [0.4, 0.5) is 0 Å². The highest BCUT2D eigenvalue weighted by Gasteiger charge is 1.94. The molecule has 0 N–H and O–H groups in total. The van der Waals surface area contributed by atoms with Crippen molar-refractivity contribution < 1.29 is 14.4 Å². The monoisotopic (exact) mass is 262 g/mol. The van der Waals surface area contributed by atoms with Gasteiger partial charge in [-0.2, -0.15) is 0 Å². The van der Waals surface area contributed by atoms with Crippen LogP contribution in [-0.2, 0) is 4.57 Å². The Morgan fingerprint density at radius 2 is 1.06 bits per heavy atom. The van der Waals surface area contributed by atoms with E-state index in [1.807, 2.05) is 0 Å². The summed E-state index contributed by atoms with van der Waals surface area (Å²) in [5.41, 5.74) is 0. The predicted molar refractivity (Wildman–Crippen MR) is 68.9 cm³/mol. The van der Waals surface area contributed by atoms with E-state index in [0.29, 0.717) is 6.42 Å². The molecule has 17 heavy (non-hydrogen) atoms. The van der Waals surface area contributed by atoms with E-state index in [4.69, 9.17) is 0 Å². The molecule has 104 valence electrons. The summed E-state index contributed by atoms with van der Waals surface area (Å²) in [5, 5.41) is 0. The third-order valence-corrected chi connectivity index (χ3v) is 3.90. The van der Waals surface area contributed by atoms with Crippen molar-refractivity contribution in [2.45, 2.75) is 77.6 Å². The minimum atomic E-state index is -4.24. The molecule has 0 aliphatic heterocycles. The van der Waals surface area contributed by atoms with Gasteiger partial charge in [-0.3, -0.25) is 0 Å². The van der Waals surface area contributed by atoms with E-state index < -0.39 is 7.60 Å². The zero-order valence-electron chi connectivity index (χ0n) is 11.2. The van der Waals surface area contributed by atoms with Crippen LogP contribution in [0.5, 0.6) is 0 Å². The molecule has 0 rings (SSSR count). The van der Waals surface area contributed by atoms with E-state index in [2.05, 4.69) is 6.92 Å². The molecule has 4 heteroatoms. The average Bonchev–Trinajstić information content (AvgIpc) is 2.24. The Labute approximate surface area is 106 Å². The molecular formula is C13H27O3P-2. The molecule has 0 radical (unpaired) electrons. The SMILES string of the molecule is CCCCCCCCCCCCCP(=O)([O-])[O-]. The fourth-order valence-corrected chi connectivity index (χ4v) is 2.58. The maximum atomic E-state index is 10.4. The third kappa shape index (κ3) is 16.1. The van der Waals surface area contributed by atoms with E-state index in [-0.39, 0.29) is 6.16 Å². The van der Waals surface area contributed by atoms with Crippen molar-refractivity contribution in [3.63, 3.8) is 0 Å². The summed E-state index contributed by atoms with van der Waals surface area (Å²) < 4.78 is 10.4. The minimum Gasteiger partial charge on any atom is -0.811 e. The van der Waals surface area contributed by atoms with Crippen LogP contribution in [0.15, 0.2) is 0 Å². The van der Waals surface area contributed by atoms with Gasteiger partial charge < -0.3 is 14.4 Å². The van der Waals surface area contributed by atoms with Gasteiger partial charge in [-0.25, -0.2) is 0 Å². The van der Waals surface area contributed by atoms with Crippen LogP contribution in [0.2, 0.25) is 0 Å². The first-order valence-corrected chi connectivity index (χ1v) is 8.80. The fraction of sp³-hybridized carbons (Fsp3) is 1.00. The van der Waals surface area contributed by atoms with E-state index >= 15 is 0 Å². The summed E-state index contributed by atoms with van der Waals surface area (Å²) in [4.78, 5) is 20.7. The van der Waals surface area contributed by atoms with Crippen molar-refractivity contribution >= 4 is 7.60 Å². The maximum Gasteiger partial charge on any atom is -0.0250 e. The highest BCUT2D eigenvalue weighted by Crippen LogP contribution is 2.25. The highest BCUT2D eigenvalue weighted by atomic mass is 31.2. The lowest BCUT2D eigenvalue weighted by Crippen LogP contribution is -2.16. The highest BCUT2D eigenvalue weighted by molar-refractivity contribution is 7.48. The molecule has 0 bridgehead atoms. The topological polar surface area (TPSA) is 63.2 Å². The van der Waals surface area contributed by atoms with Crippen molar-refractivity contribution in [2.75, 3.05) is 6.16 Å². The second-order valence-electron chi connectivity index (χ2n) is 4.87. The normalized spacial score (nSPS) is 11.9. The zero-order valence-corrected chi connectivity index (χ0v) is 12.1. The Hall–Kier alpha value is 0.150. The molecule has 0 saturated carbocycles. The van der Waals surface area contributed by atoms with Gasteiger partial charge >= 0.3 is 0 Å². The van der Waals surface area contributed by atoms with Gasteiger partial charge in [-0.1, -0.05) is 78.7 Å². The van der Waals surface area contributed by atoms with E-state index in [1.165, 1.54) is 51.4 Å². The summed E-state index contributed by atoms with van der Waals surface area (Å²) in [6, 6.07) is 0. The molecule has 0 aromatic carbocycles. The predicted octanol–water partition coefficient (Wildman–Crippen LogP) is 3.21. The quantitative estimate of drug-likeness (QED) is 0.401. The van der Waals surface area contributed by atoms with Crippen LogP contribution in [-0.4, -0.2) is 6.16 Å². The largest absolute Gasteiger partial charge is 0.811 e. The molecule has 0 spiro atoms. The lowest BCUT2D eigenvalue weighted by Gasteiger charge is -2.29. The molecule has 0 amide bonds. The third-order valence-electron chi connectivity index (χ3n) is 3.04. The maximum absolute atomic E-state index is 10.4. The Bertz CT molecular complexity index is 201. The molecule has 0 aliphatic rings. The number of unbranched alkanes of at least 4 members (excludes halogenated alkanes) is 10. The van der Waals surface area contributed by atoms with E-state index in [0.717, 1.165) is 12.8 Å². The Morgan fingerprint density at radius 1 is 0.706 bits per heavy atom. The van der Waals surface area contributed by atoms with Crippen LogP contribution in [0.3, 0.4) is 0 Å². The average molecular weight is 262 g/mol. The fourth-order valence-electron chi connectivity index (χ4n) is 1.97. The van der Waals surface area contributed by atoms with Crippen molar-refractivity contribution in [3.05, 3.63) is 0 Å². The number of hydrogen-bond donors (Lipinski definition) is 0. The summed E-state index contributed by atoms with van der Waals surface area (Å²) in [6.45, 7) is 2.22. The lowest BCUT2D eigenvalue weighted by molar-refractivity contribution is -0.313. The standard InChI is InChI=1S/C13H29O3P/c1-2-3-4-5-6-7-8-9-10-11-12-13-17(14,15)16/h2-13H2,1H3,(H2,14,15,16)/p-2. The minimum absolute atomic E-state index is 0.163. The van der Waals surface area contributed by atoms with Crippen molar-refractivity contribution in [3.8, 4) is 0 Å². The summed E-state index contributed by atoms with van der Waals surface area (Å²) in [6.07, 6.45) is 12.7. The van der Waals surface area contributed by atoms with Crippen LogP contribution in [0.25, 0.3) is 0 Å². The van der Waals surface area contributed by atoms with Crippen LogP contribution < -0.4 is 9.79 Å². The van der Waals surface area contributed by atoms with Gasteiger partial charge in [0.2, 0.25) is 0 Å². The Kier molecular flexibility index (Phi) is 11.4. The lowest BCUT2D eigenvalue weighted by atomic mass is 10.1. The van der Waals surface area contributed by atoms with E-state index in [1.54, 1.807) is 0 Å². The first-order valence-electron chi connectivity index (χ1n) is 7.07. The molecule has 0 unspecified atom stereocenters. The van der Waals surface area contributed by atoms with E-state index in [9.17, 15) is 14.4 Å². The van der Waals surface area contributed by atoms with Crippen molar-refractivity contribution in [1.29, 1.82) is 0 Å². The van der Waals surface area contributed by atoms with Gasteiger partial charge in [0.15, 0.2) is 0 Å². The molecule has 0 saturated heterocycles. The molecule has 3 nitrogen and oxygen atoms in total. The van der Waals surface area contributed by atoms with Crippen molar-refractivity contribution in [1.82, 2.24) is 0 Å². The second-order valence-corrected chi connectivity index (χ2v) is 6.54. The smallest absolute Gasteiger partial charge is 0.0250 e. The Morgan fingerprint density at radius 3 is 1.41 bits per heavy atom. The van der Waals surface area contributed by atoms with Gasteiger partial charge in [-0.05, 0) is 12.6 Å². The zero-order chi connectivity index (χ0) is 13.0.